The smallest absolute Gasteiger partial charge is 0.138 e. The second kappa shape index (κ2) is 5.60. The standard InChI is InChI=1S/C16H15BrN2O2/c1-9(20)15(21)14-13(10-5-3-2-4-6-10)12-7-11(17)8-18-16(12)19-14/h2-9,15,20-21H,1H3,(H,18,19). The van der Waals surface area contributed by atoms with E-state index in [1.165, 1.54) is 0 Å². The molecule has 3 rings (SSSR count). The van der Waals surface area contributed by atoms with Crippen molar-refractivity contribution in [2.75, 3.05) is 0 Å². The molecule has 0 radical (unpaired) electrons. The van der Waals surface area contributed by atoms with Crippen LogP contribution in [0.3, 0.4) is 0 Å². The molecule has 0 saturated carbocycles. The van der Waals surface area contributed by atoms with Crippen LogP contribution in [0, 0.1) is 0 Å². The van der Waals surface area contributed by atoms with E-state index in [1.54, 1.807) is 13.1 Å². The zero-order valence-electron chi connectivity index (χ0n) is 11.4. The summed E-state index contributed by atoms with van der Waals surface area (Å²) in [6.45, 7) is 1.56. The lowest BCUT2D eigenvalue weighted by Gasteiger charge is -2.14. The van der Waals surface area contributed by atoms with Gasteiger partial charge in [-0.3, -0.25) is 0 Å². The maximum absolute atomic E-state index is 10.3. The molecule has 0 amide bonds. The van der Waals surface area contributed by atoms with Crippen LogP contribution >= 0.6 is 15.9 Å². The highest BCUT2D eigenvalue weighted by molar-refractivity contribution is 9.10. The molecule has 3 N–H and O–H groups in total. The van der Waals surface area contributed by atoms with Crippen molar-refractivity contribution in [2.24, 2.45) is 0 Å². The Morgan fingerprint density at radius 3 is 2.57 bits per heavy atom. The van der Waals surface area contributed by atoms with Crippen molar-refractivity contribution < 1.29 is 10.2 Å². The molecule has 0 bridgehead atoms. The third-order valence-corrected chi connectivity index (χ3v) is 3.89. The minimum atomic E-state index is -0.992. The summed E-state index contributed by atoms with van der Waals surface area (Å²) >= 11 is 3.43. The Kier molecular flexibility index (Phi) is 3.80. The van der Waals surface area contributed by atoms with E-state index >= 15 is 0 Å². The van der Waals surface area contributed by atoms with Gasteiger partial charge in [-0.25, -0.2) is 4.98 Å². The minimum Gasteiger partial charge on any atom is -0.390 e. The van der Waals surface area contributed by atoms with Crippen LogP contribution < -0.4 is 0 Å². The summed E-state index contributed by atoms with van der Waals surface area (Å²) in [5, 5.41) is 20.9. The number of rotatable bonds is 3. The maximum atomic E-state index is 10.3. The lowest BCUT2D eigenvalue weighted by molar-refractivity contribution is 0.0286. The summed E-state index contributed by atoms with van der Waals surface area (Å²) in [7, 11) is 0. The SMILES string of the molecule is CC(O)C(O)c1[nH]c2ncc(Br)cc2c1-c1ccccc1. The predicted octanol–water partition coefficient (Wildman–Crippen LogP) is 3.41. The van der Waals surface area contributed by atoms with Gasteiger partial charge < -0.3 is 15.2 Å². The van der Waals surface area contributed by atoms with E-state index in [-0.39, 0.29) is 0 Å². The van der Waals surface area contributed by atoms with Gasteiger partial charge in [0, 0.05) is 21.6 Å². The van der Waals surface area contributed by atoms with E-state index in [0.29, 0.717) is 11.3 Å². The highest BCUT2D eigenvalue weighted by Gasteiger charge is 2.23. The number of hydrogen-bond acceptors (Lipinski definition) is 3. The summed E-state index contributed by atoms with van der Waals surface area (Å²) in [5.41, 5.74) is 3.11. The molecule has 2 heterocycles. The lowest BCUT2D eigenvalue weighted by Crippen LogP contribution is -2.14. The number of aliphatic hydroxyl groups is 2. The Labute approximate surface area is 130 Å². The second-order valence-electron chi connectivity index (χ2n) is 5.01. The Morgan fingerprint density at radius 1 is 1.19 bits per heavy atom. The normalized spacial score (nSPS) is 14.3. The van der Waals surface area contributed by atoms with Gasteiger partial charge in [0.1, 0.15) is 11.8 Å². The third kappa shape index (κ3) is 2.60. The summed E-state index contributed by atoms with van der Waals surface area (Å²) in [6.07, 6.45) is -0.163. The van der Waals surface area contributed by atoms with Gasteiger partial charge in [-0.1, -0.05) is 30.3 Å². The minimum absolute atomic E-state index is 0.580. The summed E-state index contributed by atoms with van der Waals surface area (Å²) in [5.74, 6) is 0. The quantitative estimate of drug-likeness (QED) is 0.680. The van der Waals surface area contributed by atoms with Gasteiger partial charge in [0.25, 0.3) is 0 Å². The molecule has 3 aromatic rings. The molecule has 0 aliphatic carbocycles. The van der Waals surface area contributed by atoms with Crippen molar-refractivity contribution in [3.8, 4) is 11.1 Å². The molecule has 0 saturated heterocycles. The van der Waals surface area contributed by atoms with Crippen LogP contribution in [0.25, 0.3) is 22.2 Å². The van der Waals surface area contributed by atoms with Crippen LogP contribution in [-0.4, -0.2) is 26.3 Å². The Hall–Kier alpha value is -1.69. The number of nitrogens with zero attached hydrogens (tertiary/aromatic N) is 1. The number of halogens is 1. The molecular weight excluding hydrogens is 332 g/mol. The second-order valence-corrected chi connectivity index (χ2v) is 5.93. The number of H-pyrrole nitrogens is 1. The molecule has 0 spiro atoms. The van der Waals surface area contributed by atoms with Crippen molar-refractivity contribution in [1.82, 2.24) is 9.97 Å². The van der Waals surface area contributed by atoms with Crippen LogP contribution in [-0.2, 0) is 0 Å². The Balaban J connectivity index is 2.32. The van der Waals surface area contributed by atoms with Crippen molar-refractivity contribution >= 4 is 27.0 Å². The first kappa shape index (κ1) is 14.3. The highest BCUT2D eigenvalue weighted by Crippen LogP contribution is 2.36. The van der Waals surface area contributed by atoms with Crippen LogP contribution in [0.5, 0.6) is 0 Å². The zero-order valence-corrected chi connectivity index (χ0v) is 13.0. The van der Waals surface area contributed by atoms with E-state index in [0.717, 1.165) is 21.0 Å². The fourth-order valence-electron chi connectivity index (χ4n) is 2.44. The molecule has 2 atom stereocenters. The van der Waals surface area contributed by atoms with Crippen LogP contribution in [0.1, 0.15) is 18.7 Å². The van der Waals surface area contributed by atoms with E-state index in [9.17, 15) is 10.2 Å². The summed E-state index contributed by atoms with van der Waals surface area (Å²) in [6, 6.07) is 11.7. The molecule has 21 heavy (non-hydrogen) atoms. The number of pyridine rings is 1. The molecule has 2 aromatic heterocycles. The first-order valence-electron chi connectivity index (χ1n) is 6.66. The number of aliphatic hydroxyl groups excluding tert-OH is 2. The van der Waals surface area contributed by atoms with Gasteiger partial charge in [-0.2, -0.15) is 0 Å². The first-order chi connectivity index (χ1) is 10.1. The molecule has 0 aliphatic heterocycles. The largest absolute Gasteiger partial charge is 0.390 e. The van der Waals surface area contributed by atoms with E-state index in [1.807, 2.05) is 36.4 Å². The van der Waals surface area contributed by atoms with Crippen molar-refractivity contribution in [3.63, 3.8) is 0 Å². The number of hydrogen-bond donors (Lipinski definition) is 3. The monoisotopic (exact) mass is 346 g/mol. The van der Waals surface area contributed by atoms with Crippen LogP contribution in [0.2, 0.25) is 0 Å². The highest BCUT2D eigenvalue weighted by atomic mass is 79.9. The number of fused-ring (bicyclic) bond motifs is 1. The van der Waals surface area contributed by atoms with Gasteiger partial charge in [-0.15, -0.1) is 0 Å². The van der Waals surface area contributed by atoms with Crippen LogP contribution in [0.15, 0.2) is 47.1 Å². The van der Waals surface area contributed by atoms with Crippen molar-refractivity contribution in [1.29, 1.82) is 0 Å². The number of benzene rings is 1. The van der Waals surface area contributed by atoms with Crippen molar-refractivity contribution in [3.05, 3.63) is 52.8 Å². The molecule has 4 nitrogen and oxygen atoms in total. The molecular formula is C16H15BrN2O2. The first-order valence-corrected chi connectivity index (χ1v) is 7.46. The van der Waals surface area contributed by atoms with Gasteiger partial charge in [0.2, 0.25) is 0 Å². The number of aromatic amines is 1. The van der Waals surface area contributed by atoms with E-state index in [2.05, 4.69) is 25.9 Å². The molecule has 5 heteroatoms. The average Bonchev–Trinajstić information content (AvgIpc) is 2.85. The number of aromatic nitrogens is 2. The lowest BCUT2D eigenvalue weighted by atomic mass is 9.99. The van der Waals surface area contributed by atoms with Gasteiger partial charge in [-0.05, 0) is 34.5 Å². The Morgan fingerprint density at radius 2 is 1.90 bits per heavy atom. The van der Waals surface area contributed by atoms with Gasteiger partial charge in [0.15, 0.2) is 0 Å². The molecule has 1 aromatic carbocycles. The predicted molar refractivity (Wildman–Crippen MR) is 85.9 cm³/mol. The van der Waals surface area contributed by atoms with Gasteiger partial charge in [0.05, 0.1) is 11.8 Å². The summed E-state index contributed by atoms with van der Waals surface area (Å²) in [4.78, 5) is 7.46. The number of nitrogens with one attached hydrogen (secondary N) is 1. The topological polar surface area (TPSA) is 69.1 Å². The average molecular weight is 347 g/mol. The molecule has 0 aliphatic rings. The molecule has 2 unspecified atom stereocenters. The van der Waals surface area contributed by atoms with E-state index in [4.69, 9.17) is 0 Å². The fraction of sp³-hybridized carbons (Fsp3) is 0.188. The van der Waals surface area contributed by atoms with Gasteiger partial charge >= 0.3 is 0 Å². The molecule has 0 fully saturated rings. The molecule has 108 valence electrons. The van der Waals surface area contributed by atoms with Crippen molar-refractivity contribution in [2.45, 2.75) is 19.1 Å². The third-order valence-electron chi connectivity index (χ3n) is 3.46. The summed E-state index contributed by atoms with van der Waals surface area (Å²) < 4.78 is 0.865. The van der Waals surface area contributed by atoms with E-state index < -0.39 is 12.2 Å². The van der Waals surface area contributed by atoms with Crippen LogP contribution in [0.4, 0.5) is 0 Å². The zero-order chi connectivity index (χ0) is 15.0. The maximum Gasteiger partial charge on any atom is 0.138 e. The fourth-order valence-corrected chi connectivity index (χ4v) is 2.77. The Bertz CT molecular complexity index is 769.